The van der Waals surface area contributed by atoms with E-state index in [0.717, 1.165) is 10.2 Å². The normalized spacial score (nSPS) is 11.7. The van der Waals surface area contributed by atoms with Gasteiger partial charge in [0, 0.05) is 11.2 Å². The minimum absolute atomic E-state index is 0.191. The van der Waals surface area contributed by atoms with E-state index >= 15 is 0 Å². The fraction of sp³-hybridized carbons (Fsp3) is 0.235. The predicted octanol–water partition coefficient (Wildman–Crippen LogP) is 5.27. The number of alkyl halides is 3. The van der Waals surface area contributed by atoms with Crippen molar-refractivity contribution in [2.24, 2.45) is 0 Å². The molecule has 0 aliphatic carbocycles. The molecule has 0 saturated carbocycles. The molecule has 0 fully saturated rings. The lowest BCUT2D eigenvalue weighted by Crippen LogP contribution is -2.21. The summed E-state index contributed by atoms with van der Waals surface area (Å²) in [6.07, 6.45) is -2.96. The molecule has 2 aromatic heterocycles. The number of amides is 1. The van der Waals surface area contributed by atoms with Crippen LogP contribution in [0.2, 0.25) is 5.02 Å². The Labute approximate surface area is 185 Å². The number of carbonyl (C=O) groups excluding carboxylic acids is 1. The van der Waals surface area contributed by atoms with Crippen LogP contribution in [0.1, 0.15) is 17.0 Å². The molecule has 0 saturated heterocycles. The van der Waals surface area contributed by atoms with Crippen molar-refractivity contribution in [1.82, 2.24) is 19.6 Å². The Morgan fingerprint density at radius 1 is 1.24 bits per heavy atom. The van der Waals surface area contributed by atoms with Crippen LogP contribution in [0.4, 0.5) is 19.0 Å². The van der Waals surface area contributed by atoms with Crippen LogP contribution >= 0.6 is 43.5 Å². The van der Waals surface area contributed by atoms with Gasteiger partial charge in [-0.25, -0.2) is 0 Å². The summed E-state index contributed by atoms with van der Waals surface area (Å²) in [6.45, 7) is 1.42. The van der Waals surface area contributed by atoms with Crippen LogP contribution < -0.4 is 5.32 Å². The zero-order valence-electron chi connectivity index (χ0n) is 14.8. The molecule has 0 aliphatic heterocycles. The summed E-state index contributed by atoms with van der Waals surface area (Å²) in [4.78, 5) is 12.3. The Hall–Kier alpha value is -1.85. The number of hydrogen-bond acceptors (Lipinski definition) is 3. The van der Waals surface area contributed by atoms with Crippen molar-refractivity contribution in [1.29, 1.82) is 0 Å². The largest absolute Gasteiger partial charge is 0.436 e. The average molecular weight is 556 g/mol. The van der Waals surface area contributed by atoms with Crippen LogP contribution in [-0.4, -0.2) is 25.5 Å². The third-order valence-corrected chi connectivity index (χ3v) is 5.86. The van der Waals surface area contributed by atoms with Crippen LogP contribution in [-0.2, 0) is 24.1 Å². The van der Waals surface area contributed by atoms with E-state index in [1.807, 2.05) is 18.2 Å². The second kappa shape index (κ2) is 8.49. The number of aromatic nitrogens is 4. The molecule has 0 spiro atoms. The van der Waals surface area contributed by atoms with Crippen molar-refractivity contribution < 1.29 is 18.0 Å². The van der Waals surface area contributed by atoms with Crippen LogP contribution in [0, 0.1) is 6.92 Å². The minimum atomic E-state index is -4.62. The molecule has 12 heteroatoms. The second-order valence-corrected chi connectivity index (χ2v) is 8.12. The molecule has 0 aliphatic rings. The van der Waals surface area contributed by atoms with Crippen molar-refractivity contribution in [2.75, 3.05) is 5.32 Å². The van der Waals surface area contributed by atoms with Crippen molar-refractivity contribution in [3.05, 3.63) is 61.4 Å². The van der Waals surface area contributed by atoms with Gasteiger partial charge in [-0.2, -0.15) is 23.4 Å². The quantitative estimate of drug-likeness (QED) is 0.467. The molecule has 154 valence electrons. The molecule has 0 atom stereocenters. The lowest BCUT2D eigenvalue weighted by molar-refractivity contribution is -0.142. The molecule has 0 radical (unpaired) electrons. The van der Waals surface area contributed by atoms with Gasteiger partial charge in [0.2, 0.25) is 5.91 Å². The van der Waals surface area contributed by atoms with Crippen LogP contribution in [0.25, 0.3) is 0 Å². The molecular formula is C17H13Br2ClF3N5O. The topological polar surface area (TPSA) is 64.7 Å². The first-order chi connectivity index (χ1) is 13.6. The molecule has 6 nitrogen and oxygen atoms in total. The lowest BCUT2D eigenvalue weighted by Gasteiger charge is -2.06. The van der Waals surface area contributed by atoms with Gasteiger partial charge in [-0.3, -0.25) is 14.2 Å². The summed E-state index contributed by atoms with van der Waals surface area (Å²) in [7, 11) is 0. The van der Waals surface area contributed by atoms with Gasteiger partial charge in [0.15, 0.2) is 11.5 Å². The maximum atomic E-state index is 13.0. The van der Waals surface area contributed by atoms with Gasteiger partial charge in [-0.05, 0) is 50.4 Å². The number of hydrogen-bond donors (Lipinski definition) is 1. The molecule has 1 N–H and O–H groups in total. The SMILES string of the molecule is Cc1c(Br)c(C(F)(F)F)nn1CC(=O)Nc1nn(Cc2ccccc2Cl)cc1Br. The van der Waals surface area contributed by atoms with Crippen LogP contribution in [0.3, 0.4) is 0 Å². The third kappa shape index (κ3) is 5.01. The van der Waals surface area contributed by atoms with E-state index in [1.54, 1.807) is 16.9 Å². The van der Waals surface area contributed by atoms with Gasteiger partial charge >= 0.3 is 6.18 Å². The fourth-order valence-corrected chi connectivity index (χ4v) is 3.65. The molecule has 2 heterocycles. The highest BCUT2D eigenvalue weighted by Gasteiger charge is 2.38. The van der Waals surface area contributed by atoms with Gasteiger partial charge in [-0.1, -0.05) is 29.8 Å². The monoisotopic (exact) mass is 553 g/mol. The maximum Gasteiger partial charge on any atom is 0.436 e. The number of nitrogens with one attached hydrogen (secondary N) is 1. The highest BCUT2D eigenvalue weighted by molar-refractivity contribution is 9.11. The van der Waals surface area contributed by atoms with Gasteiger partial charge in [0.1, 0.15) is 6.54 Å². The van der Waals surface area contributed by atoms with E-state index < -0.39 is 24.3 Å². The number of carbonyl (C=O) groups is 1. The van der Waals surface area contributed by atoms with E-state index in [2.05, 4.69) is 47.4 Å². The van der Waals surface area contributed by atoms with Gasteiger partial charge < -0.3 is 5.32 Å². The zero-order valence-corrected chi connectivity index (χ0v) is 18.7. The summed E-state index contributed by atoms with van der Waals surface area (Å²) >= 11 is 12.3. The van der Waals surface area contributed by atoms with Crippen molar-refractivity contribution in [3.8, 4) is 0 Å². The molecule has 3 aromatic rings. The highest BCUT2D eigenvalue weighted by atomic mass is 79.9. The number of halogens is 6. The van der Waals surface area contributed by atoms with E-state index in [4.69, 9.17) is 11.6 Å². The third-order valence-electron chi connectivity index (χ3n) is 3.96. The van der Waals surface area contributed by atoms with Gasteiger partial charge in [0.05, 0.1) is 21.2 Å². The van der Waals surface area contributed by atoms with E-state index in [-0.39, 0.29) is 16.0 Å². The maximum absolute atomic E-state index is 13.0. The Kier molecular flexibility index (Phi) is 6.39. The fourth-order valence-electron chi connectivity index (χ4n) is 2.53. The molecule has 3 rings (SSSR count). The standard InChI is InChI=1S/C17H13Br2ClF3N5O/c1-9-14(19)15(17(21,22)23)25-28(9)8-13(29)24-16-11(18)7-27(26-16)6-10-4-2-3-5-12(10)20/h2-5,7H,6,8H2,1H3,(H,24,26,29). The van der Waals surface area contributed by atoms with Crippen molar-refractivity contribution in [2.45, 2.75) is 26.2 Å². The smallest absolute Gasteiger partial charge is 0.307 e. The Bertz CT molecular complexity index is 1060. The number of nitrogens with zero attached hydrogens (tertiary/aromatic N) is 4. The summed E-state index contributed by atoms with van der Waals surface area (Å²) in [5, 5.41) is 10.9. The van der Waals surface area contributed by atoms with E-state index in [0.29, 0.717) is 16.0 Å². The Morgan fingerprint density at radius 2 is 1.93 bits per heavy atom. The summed E-state index contributed by atoms with van der Waals surface area (Å²) in [5.74, 6) is -0.331. The summed E-state index contributed by atoms with van der Waals surface area (Å²) < 4.78 is 41.8. The second-order valence-electron chi connectivity index (χ2n) is 6.07. The summed E-state index contributed by atoms with van der Waals surface area (Å²) in [6, 6.07) is 7.28. The molecule has 0 bridgehead atoms. The Morgan fingerprint density at radius 3 is 2.55 bits per heavy atom. The molecule has 29 heavy (non-hydrogen) atoms. The zero-order chi connectivity index (χ0) is 21.3. The van der Waals surface area contributed by atoms with Crippen molar-refractivity contribution >= 4 is 55.2 Å². The van der Waals surface area contributed by atoms with Crippen molar-refractivity contribution in [3.63, 3.8) is 0 Å². The first-order valence-corrected chi connectivity index (χ1v) is 10.1. The van der Waals surface area contributed by atoms with Crippen LogP contribution in [0.15, 0.2) is 39.4 Å². The molecule has 0 unspecified atom stereocenters. The molecule has 1 amide bonds. The first kappa shape index (κ1) is 21.8. The van der Waals surface area contributed by atoms with Gasteiger partial charge in [0.25, 0.3) is 0 Å². The number of anilines is 1. The lowest BCUT2D eigenvalue weighted by atomic mass is 10.2. The first-order valence-electron chi connectivity index (χ1n) is 8.12. The number of rotatable bonds is 5. The average Bonchev–Trinajstić information content (AvgIpc) is 3.10. The Balaban J connectivity index is 1.72. The molecule has 1 aromatic carbocycles. The summed E-state index contributed by atoms with van der Waals surface area (Å²) in [5.41, 5.74) is -0.0393. The predicted molar refractivity (Wildman–Crippen MR) is 109 cm³/mol. The van der Waals surface area contributed by atoms with E-state index in [9.17, 15) is 18.0 Å². The van der Waals surface area contributed by atoms with E-state index in [1.165, 1.54) is 6.92 Å². The minimum Gasteiger partial charge on any atom is -0.307 e. The number of benzene rings is 1. The highest BCUT2D eigenvalue weighted by Crippen LogP contribution is 2.35. The van der Waals surface area contributed by atoms with Gasteiger partial charge in [-0.15, -0.1) is 0 Å². The molecular weight excluding hydrogens is 542 g/mol. The van der Waals surface area contributed by atoms with Crippen LogP contribution in [0.5, 0.6) is 0 Å².